The highest BCUT2D eigenvalue weighted by molar-refractivity contribution is 6.21. The Morgan fingerprint density at radius 2 is 1.67 bits per heavy atom. The van der Waals surface area contributed by atoms with Crippen molar-refractivity contribution >= 4 is 29.3 Å². The summed E-state index contributed by atoms with van der Waals surface area (Å²) in [5, 5.41) is 2.78. The quantitative estimate of drug-likeness (QED) is 0.784. The first-order valence-electron chi connectivity index (χ1n) is 9.05. The minimum absolute atomic E-state index is 0.0201. The summed E-state index contributed by atoms with van der Waals surface area (Å²) in [6.07, 6.45) is 0. The molecule has 1 fully saturated rings. The van der Waals surface area contributed by atoms with Crippen LogP contribution in [-0.4, -0.2) is 78.1 Å². The number of piperazine rings is 1. The monoisotopic (exact) mass is 372 g/mol. The maximum Gasteiger partial charge on any atom is 0.261 e. The molecule has 0 aromatic heterocycles. The summed E-state index contributed by atoms with van der Waals surface area (Å²) in [7, 11) is 1.44. The van der Waals surface area contributed by atoms with Crippen molar-refractivity contribution in [2.45, 2.75) is 13.8 Å². The zero-order valence-electron chi connectivity index (χ0n) is 15.8. The van der Waals surface area contributed by atoms with Crippen LogP contribution in [0.4, 0.5) is 5.69 Å². The van der Waals surface area contributed by atoms with E-state index < -0.39 is 0 Å². The third-order valence-electron chi connectivity index (χ3n) is 4.92. The number of nitrogens with zero attached hydrogens (tertiary/aromatic N) is 3. The number of benzene rings is 1. The highest BCUT2D eigenvalue weighted by Gasteiger charge is 2.33. The predicted octanol–water partition coefficient (Wildman–Crippen LogP) is 0.651. The van der Waals surface area contributed by atoms with Gasteiger partial charge in [-0.15, -0.1) is 0 Å². The van der Waals surface area contributed by atoms with E-state index in [0.717, 1.165) is 4.90 Å². The smallest absolute Gasteiger partial charge is 0.261 e. The maximum absolute atomic E-state index is 12.3. The number of anilines is 1. The summed E-state index contributed by atoms with van der Waals surface area (Å²) in [4.78, 5) is 53.2. The van der Waals surface area contributed by atoms with Gasteiger partial charge in [-0.2, -0.15) is 0 Å². The number of carbonyl (C=O) groups is 4. The van der Waals surface area contributed by atoms with E-state index in [1.54, 1.807) is 12.1 Å². The van der Waals surface area contributed by atoms with Crippen LogP contribution in [0, 0.1) is 5.92 Å². The lowest BCUT2D eigenvalue weighted by Gasteiger charge is -2.35. The third-order valence-corrected chi connectivity index (χ3v) is 4.92. The van der Waals surface area contributed by atoms with E-state index in [-0.39, 0.29) is 36.1 Å². The molecule has 2 aliphatic rings. The summed E-state index contributed by atoms with van der Waals surface area (Å²) in [5.41, 5.74) is 1.15. The summed E-state index contributed by atoms with van der Waals surface area (Å²) in [6.45, 7) is 6.51. The Morgan fingerprint density at radius 3 is 2.30 bits per heavy atom. The molecule has 0 bridgehead atoms. The second-order valence-electron chi connectivity index (χ2n) is 7.23. The molecule has 0 aliphatic carbocycles. The second-order valence-corrected chi connectivity index (χ2v) is 7.23. The average Bonchev–Trinajstić information content (AvgIpc) is 2.85. The fourth-order valence-corrected chi connectivity index (χ4v) is 3.33. The van der Waals surface area contributed by atoms with Gasteiger partial charge in [0.2, 0.25) is 11.8 Å². The van der Waals surface area contributed by atoms with E-state index >= 15 is 0 Å². The van der Waals surface area contributed by atoms with Gasteiger partial charge in [-0.25, -0.2) is 0 Å². The van der Waals surface area contributed by atoms with E-state index in [9.17, 15) is 19.2 Å². The molecule has 1 aromatic rings. The molecule has 0 unspecified atom stereocenters. The van der Waals surface area contributed by atoms with Crippen molar-refractivity contribution in [1.82, 2.24) is 14.7 Å². The lowest BCUT2D eigenvalue weighted by Crippen LogP contribution is -2.51. The minimum atomic E-state index is -0.364. The van der Waals surface area contributed by atoms with E-state index in [0.29, 0.717) is 43.0 Å². The topological polar surface area (TPSA) is 90.0 Å². The van der Waals surface area contributed by atoms with E-state index in [1.807, 2.05) is 23.6 Å². The number of imide groups is 1. The number of hydrogen-bond acceptors (Lipinski definition) is 5. The van der Waals surface area contributed by atoms with Gasteiger partial charge in [-0.3, -0.25) is 29.0 Å². The zero-order valence-corrected chi connectivity index (χ0v) is 15.8. The SMILES string of the molecule is CC(C)C(=O)N1CCN(CC(=O)Nc2ccc3c(c2)C(=O)N(C)C3=O)CC1. The summed E-state index contributed by atoms with van der Waals surface area (Å²) in [6, 6.07) is 4.72. The number of hydrogen-bond donors (Lipinski definition) is 1. The normalized spacial score (nSPS) is 17.5. The molecule has 0 spiro atoms. The molecular formula is C19H24N4O4. The Balaban J connectivity index is 1.55. The fraction of sp³-hybridized carbons (Fsp3) is 0.474. The van der Waals surface area contributed by atoms with Gasteiger partial charge in [-0.1, -0.05) is 13.8 Å². The van der Waals surface area contributed by atoms with E-state index in [4.69, 9.17) is 0 Å². The molecule has 8 heteroatoms. The predicted molar refractivity (Wildman–Crippen MR) is 99.4 cm³/mol. The van der Waals surface area contributed by atoms with Crippen molar-refractivity contribution in [3.63, 3.8) is 0 Å². The largest absolute Gasteiger partial charge is 0.340 e. The van der Waals surface area contributed by atoms with Crippen LogP contribution in [-0.2, 0) is 9.59 Å². The number of fused-ring (bicyclic) bond motifs is 1. The van der Waals surface area contributed by atoms with Gasteiger partial charge < -0.3 is 10.2 Å². The summed E-state index contributed by atoms with van der Waals surface area (Å²) in [5.74, 6) is -0.767. The van der Waals surface area contributed by atoms with Crippen LogP contribution in [0.1, 0.15) is 34.6 Å². The van der Waals surface area contributed by atoms with Crippen molar-refractivity contribution in [3.05, 3.63) is 29.3 Å². The van der Waals surface area contributed by atoms with Crippen LogP contribution in [0.5, 0.6) is 0 Å². The molecule has 144 valence electrons. The van der Waals surface area contributed by atoms with Crippen molar-refractivity contribution in [1.29, 1.82) is 0 Å². The molecule has 4 amide bonds. The van der Waals surface area contributed by atoms with Gasteiger partial charge in [0.1, 0.15) is 0 Å². The lowest BCUT2D eigenvalue weighted by molar-refractivity contribution is -0.136. The van der Waals surface area contributed by atoms with E-state index in [2.05, 4.69) is 5.32 Å². The Morgan fingerprint density at radius 1 is 1.04 bits per heavy atom. The Kier molecular flexibility index (Phi) is 5.27. The maximum atomic E-state index is 12.3. The number of carbonyl (C=O) groups excluding carboxylic acids is 4. The molecule has 0 saturated carbocycles. The van der Waals surface area contributed by atoms with Gasteiger partial charge in [0.25, 0.3) is 11.8 Å². The standard InChI is InChI=1S/C19H24N4O4/c1-12(2)17(25)23-8-6-22(7-9-23)11-16(24)20-13-4-5-14-15(10-13)19(27)21(3)18(14)26/h4-5,10,12H,6-9,11H2,1-3H3,(H,20,24). The average molecular weight is 372 g/mol. The number of amides is 4. The zero-order chi connectivity index (χ0) is 19.7. The van der Waals surface area contributed by atoms with Crippen LogP contribution in [0.15, 0.2) is 18.2 Å². The first kappa shape index (κ1) is 19.0. The van der Waals surface area contributed by atoms with E-state index in [1.165, 1.54) is 13.1 Å². The molecule has 1 saturated heterocycles. The Hall–Kier alpha value is -2.74. The molecule has 0 radical (unpaired) electrons. The summed E-state index contributed by atoms with van der Waals surface area (Å²) >= 11 is 0. The fourth-order valence-electron chi connectivity index (χ4n) is 3.33. The van der Waals surface area contributed by atoms with Crippen LogP contribution in [0.3, 0.4) is 0 Å². The molecule has 0 atom stereocenters. The van der Waals surface area contributed by atoms with Crippen LogP contribution >= 0.6 is 0 Å². The van der Waals surface area contributed by atoms with Crippen LogP contribution in [0.2, 0.25) is 0 Å². The first-order valence-corrected chi connectivity index (χ1v) is 9.05. The van der Waals surface area contributed by atoms with Crippen molar-refractivity contribution in [3.8, 4) is 0 Å². The molecule has 27 heavy (non-hydrogen) atoms. The number of rotatable bonds is 4. The van der Waals surface area contributed by atoms with Crippen LogP contribution < -0.4 is 5.32 Å². The molecular weight excluding hydrogens is 348 g/mol. The number of nitrogens with one attached hydrogen (secondary N) is 1. The van der Waals surface area contributed by atoms with Crippen molar-refractivity contribution in [2.75, 3.05) is 45.1 Å². The van der Waals surface area contributed by atoms with Gasteiger partial charge in [0, 0.05) is 44.8 Å². The third kappa shape index (κ3) is 3.85. The first-order chi connectivity index (χ1) is 12.8. The summed E-state index contributed by atoms with van der Waals surface area (Å²) < 4.78 is 0. The lowest BCUT2D eigenvalue weighted by atomic mass is 10.1. The molecule has 1 N–H and O–H groups in total. The van der Waals surface area contributed by atoms with Gasteiger partial charge in [0.05, 0.1) is 17.7 Å². The molecule has 3 rings (SSSR count). The molecule has 1 aromatic carbocycles. The van der Waals surface area contributed by atoms with Crippen molar-refractivity contribution < 1.29 is 19.2 Å². The molecule has 2 aliphatic heterocycles. The molecule has 2 heterocycles. The van der Waals surface area contributed by atoms with Crippen LogP contribution in [0.25, 0.3) is 0 Å². The Labute approximate surface area is 158 Å². The highest BCUT2D eigenvalue weighted by Crippen LogP contribution is 2.24. The van der Waals surface area contributed by atoms with Gasteiger partial charge >= 0.3 is 0 Å². The van der Waals surface area contributed by atoms with Gasteiger partial charge in [-0.05, 0) is 18.2 Å². The van der Waals surface area contributed by atoms with Crippen molar-refractivity contribution in [2.24, 2.45) is 5.92 Å². The molecule has 8 nitrogen and oxygen atoms in total. The second kappa shape index (κ2) is 7.48. The Bertz CT molecular complexity index is 797. The van der Waals surface area contributed by atoms with Gasteiger partial charge in [0.15, 0.2) is 0 Å². The minimum Gasteiger partial charge on any atom is -0.340 e. The highest BCUT2D eigenvalue weighted by atomic mass is 16.2.